The third kappa shape index (κ3) is 6.71. The molecule has 1 aliphatic heterocycles. The van der Waals surface area contributed by atoms with Crippen molar-refractivity contribution < 1.29 is 9.47 Å². The second-order valence-electron chi connectivity index (χ2n) is 8.27. The number of aliphatic imine (C=N–C) groups is 1. The van der Waals surface area contributed by atoms with Gasteiger partial charge in [-0.15, -0.1) is 24.0 Å². The quantitative estimate of drug-likeness (QED) is 0.306. The minimum absolute atomic E-state index is 0. The molecule has 1 aliphatic carbocycles. The van der Waals surface area contributed by atoms with Gasteiger partial charge in [-0.3, -0.25) is 9.89 Å². The molecule has 0 spiro atoms. The molecule has 0 radical (unpaired) electrons. The highest BCUT2D eigenvalue weighted by Crippen LogP contribution is 2.26. The maximum atomic E-state index is 5.79. The summed E-state index contributed by atoms with van der Waals surface area (Å²) in [6.45, 7) is 2.97. The van der Waals surface area contributed by atoms with E-state index in [2.05, 4.69) is 25.5 Å². The van der Waals surface area contributed by atoms with Crippen LogP contribution in [0.15, 0.2) is 47.6 Å². The van der Waals surface area contributed by atoms with Gasteiger partial charge in [-0.25, -0.2) is 4.98 Å². The summed E-state index contributed by atoms with van der Waals surface area (Å²) in [4.78, 5) is 11.5. The Labute approximate surface area is 208 Å². The van der Waals surface area contributed by atoms with Crippen molar-refractivity contribution in [1.29, 1.82) is 0 Å². The lowest BCUT2D eigenvalue weighted by atomic mass is 10.2. The molecule has 1 saturated carbocycles. The largest absolute Gasteiger partial charge is 0.497 e. The fraction of sp³-hybridized carbons (Fsp3) is 0.500. The summed E-state index contributed by atoms with van der Waals surface area (Å²) in [6, 6.07) is 12.6. The van der Waals surface area contributed by atoms with E-state index < -0.39 is 0 Å². The van der Waals surface area contributed by atoms with Crippen LogP contribution in [0.5, 0.6) is 17.4 Å². The smallest absolute Gasteiger partial charge is 0.219 e. The van der Waals surface area contributed by atoms with Crippen molar-refractivity contribution in [3.8, 4) is 17.4 Å². The molecule has 4 rings (SSSR count). The summed E-state index contributed by atoms with van der Waals surface area (Å²) in [6.07, 6.45) is 8.52. The van der Waals surface area contributed by atoms with Crippen molar-refractivity contribution in [2.75, 3.05) is 27.2 Å². The van der Waals surface area contributed by atoms with Gasteiger partial charge in [0.2, 0.25) is 5.88 Å². The first-order valence-corrected chi connectivity index (χ1v) is 11.2. The lowest BCUT2D eigenvalue weighted by Crippen LogP contribution is -2.45. The molecule has 0 amide bonds. The van der Waals surface area contributed by atoms with Crippen molar-refractivity contribution in [2.24, 2.45) is 4.99 Å². The lowest BCUT2D eigenvalue weighted by molar-refractivity contribution is 0.242. The first-order valence-electron chi connectivity index (χ1n) is 11.2. The Morgan fingerprint density at radius 2 is 1.84 bits per heavy atom. The Bertz CT molecular complexity index is 854. The maximum absolute atomic E-state index is 5.79. The second-order valence-corrected chi connectivity index (χ2v) is 8.27. The second kappa shape index (κ2) is 12.2. The average molecular weight is 551 g/mol. The number of benzene rings is 1. The summed E-state index contributed by atoms with van der Waals surface area (Å²) in [5.74, 6) is 2.94. The van der Waals surface area contributed by atoms with Crippen LogP contribution in [0.4, 0.5) is 0 Å². The Hall–Kier alpha value is -2.07. The normalized spacial score (nSPS) is 19.4. The molecule has 7 nitrogen and oxygen atoms in total. The number of hydrogen-bond donors (Lipinski definition) is 2. The molecule has 1 saturated heterocycles. The molecule has 174 valence electrons. The summed E-state index contributed by atoms with van der Waals surface area (Å²) >= 11 is 0. The Morgan fingerprint density at radius 1 is 1.09 bits per heavy atom. The Balaban J connectivity index is 0.00000289. The van der Waals surface area contributed by atoms with Crippen molar-refractivity contribution in [2.45, 2.75) is 50.7 Å². The highest BCUT2D eigenvalue weighted by molar-refractivity contribution is 14.0. The van der Waals surface area contributed by atoms with E-state index in [4.69, 9.17) is 9.47 Å². The fourth-order valence-electron chi connectivity index (χ4n) is 4.42. The highest BCUT2D eigenvalue weighted by atomic mass is 127. The standard InChI is InChI=1S/C24H33N5O2.HI/c1-25-24(28-19-13-14-29(17-19)20-5-3-4-6-20)27-16-18-7-12-23(26-15-18)31-22-10-8-21(30-2)9-11-22;/h7-12,15,19-20H,3-6,13-14,16-17H2,1-2H3,(H2,25,27,28);1H. The average Bonchev–Trinajstić information content (AvgIpc) is 3.50. The monoisotopic (exact) mass is 551 g/mol. The zero-order chi connectivity index (χ0) is 21.5. The van der Waals surface area contributed by atoms with Gasteiger partial charge in [-0.05, 0) is 49.1 Å². The number of ether oxygens (including phenoxy) is 2. The van der Waals surface area contributed by atoms with Gasteiger partial charge >= 0.3 is 0 Å². The number of nitrogens with zero attached hydrogens (tertiary/aromatic N) is 3. The van der Waals surface area contributed by atoms with Gasteiger partial charge in [0, 0.05) is 51.0 Å². The SMILES string of the molecule is CN=C(NCc1ccc(Oc2ccc(OC)cc2)nc1)NC1CCN(C2CCCC2)C1.I. The van der Waals surface area contributed by atoms with Crippen molar-refractivity contribution in [1.82, 2.24) is 20.5 Å². The van der Waals surface area contributed by atoms with Crippen molar-refractivity contribution in [3.63, 3.8) is 0 Å². The van der Waals surface area contributed by atoms with E-state index in [9.17, 15) is 0 Å². The van der Waals surface area contributed by atoms with Crippen LogP contribution in [0.1, 0.15) is 37.7 Å². The molecule has 32 heavy (non-hydrogen) atoms. The molecule has 1 unspecified atom stereocenters. The van der Waals surface area contributed by atoms with Crippen LogP contribution in [0, 0.1) is 0 Å². The maximum Gasteiger partial charge on any atom is 0.219 e. The highest BCUT2D eigenvalue weighted by Gasteiger charge is 2.30. The number of rotatable bonds is 7. The number of aromatic nitrogens is 1. The van der Waals surface area contributed by atoms with Gasteiger partial charge in [0.15, 0.2) is 5.96 Å². The van der Waals surface area contributed by atoms with E-state index in [1.807, 2.05) is 49.6 Å². The Kier molecular flexibility index (Phi) is 9.40. The third-order valence-corrected chi connectivity index (χ3v) is 6.16. The van der Waals surface area contributed by atoms with Crippen LogP contribution >= 0.6 is 24.0 Å². The molecule has 2 fully saturated rings. The number of nitrogens with one attached hydrogen (secondary N) is 2. The predicted octanol–water partition coefficient (Wildman–Crippen LogP) is 4.18. The number of halogens is 1. The molecule has 1 aromatic carbocycles. The zero-order valence-corrected chi connectivity index (χ0v) is 21.2. The molecule has 1 atom stereocenters. The van der Waals surface area contributed by atoms with E-state index in [-0.39, 0.29) is 24.0 Å². The molecule has 2 aromatic rings. The van der Waals surface area contributed by atoms with Crippen molar-refractivity contribution >= 4 is 29.9 Å². The summed E-state index contributed by atoms with van der Waals surface area (Å²) in [5.41, 5.74) is 1.07. The van der Waals surface area contributed by atoms with Crippen LogP contribution in [0.3, 0.4) is 0 Å². The van der Waals surface area contributed by atoms with E-state index in [0.29, 0.717) is 18.5 Å². The van der Waals surface area contributed by atoms with Gasteiger partial charge < -0.3 is 20.1 Å². The van der Waals surface area contributed by atoms with Gasteiger partial charge in [-0.1, -0.05) is 18.9 Å². The van der Waals surface area contributed by atoms with E-state index in [0.717, 1.165) is 35.6 Å². The van der Waals surface area contributed by atoms with Gasteiger partial charge in [0.05, 0.1) is 7.11 Å². The number of hydrogen-bond acceptors (Lipinski definition) is 5. The van der Waals surface area contributed by atoms with Gasteiger partial charge in [0.25, 0.3) is 0 Å². The van der Waals surface area contributed by atoms with E-state index in [1.54, 1.807) is 7.11 Å². The van der Waals surface area contributed by atoms with E-state index >= 15 is 0 Å². The molecular weight excluding hydrogens is 517 g/mol. The van der Waals surface area contributed by atoms with Crippen molar-refractivity contribution in [3.05, 3.63) is 48.2 Å². The van der Waals surface area contributed by atoms with Crippen LogP contribution in [-0.4, -0.2) is 55.2 Å². The number of likely N-dealkylation sites (tertiary alicyclic amines) is 1. The topological polar surface area (TPSA) is 71.0 Å². The fourth-order valence-corrected chi connectivity index (χ4v) is 4.42. The minimum atomic E-state index is 0. The number of methoxy groups -OCH3 is 1. The van der Waals surface area contributed by atoms with Crippen LogP contribution in [0.2, 0.25) is 0 Å². The number of guanidine groups is 1. The molecule has 0 bridgehead atoms. The number of pyridine rings is 1. The predicted molar refractivity (Wildman–Crippen MR) is 138 cm³/mol. The molecule has 8 heteroatoms. The molecule has 1 aromatic heterocycles. The minimum Gasteiger partial charge on any atom is -0.497 e. The first-order chi connectivity index (χ1) is 15.2. The van der Waals surface area contributed by atoms with Crippen LogP contribution in [-0.2, 0) is 6.54 Å². The van der Waals surface area contributed by atoms with Gasteiger partial charge in [0.1, 0.15) is 11.5 Å². The Morgan fingerprint density at radius 3 is 2.50 bits per heavy atom. The van der Waals surface area contributed by atoms with Crippen LogP contribution in [0.25, 0.3) is 0 Å². The summed E-state index contributed by atoms with van der Waals surface area (Å²) in [7, 11) is 3.47. The first kappa shape index (κ1) is 24.6. The summed E-state index contributed by atoms with van der Waals surface area (Å²) in [5, 5.41) is 6.99. The molecule has 2 N–H and O–H groups in total. The zero-order valence-electron chi connectivity index (χ0n) is 18.9. The summed E-state index contributed by atoms with van der Waals surface area (Å²) < 4.78 is 11.0. The van der Waals surface area contributed by atoms with Crippen LogP contribution < -0.4 is 20.1 Å². The molecule has 2 heterocycles. The van der Waals surface area contributed by atoms with E-state index in [1.165, 1.54) is 38.6 Å². The molecule has 2 aliphatic rings. The lowest BCUT2D eigenvalue weighted by Gasteiger charge is -2.24. The third-order valence-electron chi connectivity index (χ3n) is 6.16. The van der Waals surface area contributed by atoms with Gasteiger partial charge in [-0.2, -0.15) is 0 Å². The molecular formula is C24H34IN5O2.